The molecule has 1 aromatic carbocycles. The zero-order chi connectivity index (χ0) is 12.3. The fourth-order valence-electron chi connectivity index (χ4n) is 1.11. The Hall–Kier alpha value is -1.05. The van der Waals surface area contributed by atoms with Crippen LogP contribution >= 0.6 is 15.9 Å². The number of halogens is 1. The Balaban J connectivity index is 2.88. The molecule has 0 radical (unpaired) electrons. The molecule has 0 saturated heterocycles. The number of rotatable bonds is 3. The molecule has 0 saturated carbocycles. The number of nitrogens with one attached hydrogen (secondary N) is 1. The van der Waals surface area contributed by atoms with Crippen LogP contribution in [0.1, 0.15) is 26.3 Å². The van der Waals surface area contributed by atoms with Crippen LogP contribution in [0.15, 0.2) is 22.7 Å². The third-order valence-corrected chi connectivity index (χ3v) is 3.19. The van der Waals surface area contributed by atoms with Crippen molar-refractivity contribution in [2.45, 2.75) is 32.4 Å². The molecule has 86 valence electrons. The highest BCUT2D eigenvalue weighted by Gasteiger charge is 2.22. The van der Waals surface area contributed by atoms with E-state index < -0.39 is 5.60 Å². The molecule has 0 fully saturated rings. The molecule has 1 unspecified atom stereocenters. The van der Waals surface area contributed by atoms with Gasteiger partial charge >= 0.3 is 0 Å². The molecular formula is C12H15BrN2O. The summed E-state index contributed by atoms with van der Waals surface area (Å²) in [6.45, 7) is 5.41. The van der Waals surface area contributed by atoms with E-state index in [1.807, 2.05) is 13.0 Å². The van der Waals surface area contributed by atoms with Gasteiger partial charge in [0.25, 0.3) is 0 Å². The van der Waals surface area contributed by atoms with Crippen molar-refractivity contribution in [2.75, 3.05) is 5.32 Å². The van der Waals surface area contributed by atoms with Gasteiger partial charge in [-0.2, -0.15) is 5.26 Å². The summed E-state index contributed by atoms with van der Waals surface area (Å²) in [5.41, 5.74) is 0.676. The normalized spacial score (nSPS) is 13.0. The van der Waals surface area contributed by atoms with Gasteiger partial charge in [0, 0.05) is 10.2 Å². The van der Waals surface area contributed by atoms with E-state index in [9.17, 15) is 5.11 Å². The molecule has 16 heavy (non-hydrogen) atoms. The molecule has 3 nitrogen and oxygen atoms in total. The lowest BCUT2D eigenvalue weighted by atomic mass is 10.0. The molecule has 4 heteroatoms. The Kier molecular flexibility index (Phi) is 3.95. The van der Waals surface area contributed by atoms with E-state index in [4.69, 9.17) is 5.26 Å². The molecular weight excluding hydrogens is 268 g/mol. The van der Waals surface area contributed by atoms with Crippen molar-refractivity contribution < 1.29 is 5.11 Å². The van der Waals surface area contributed by atoms with E-state index in [0.29, 0.717) is 5.56 Å². The number of nitriles is 1. The second-order valence-electron chi connectivity index (χ2n) is 4.33. The highest BCUT2D eigenvalue weighted by Crippen LogP contribution is 2.25. The molecule has 0 bridgehead atoms. The lowest BCUT2D eigenvalue weighted by Crippen LogP contribution is -2.39. The molecule has 0 heterocycles. The quantitative estimate of drug-likeness (QED) is 0.896. The van der Waals surface area contributed by atoms with Crippen molar-refractivity contribution in [3.8, 4) is 6.07 Å². The molecule has 0 aliphatic carbocycles. The highest BCUT2D eigenvalue weighted by atomic mass is 79.9. The predicted molar refractivity (Wildman–Crippen MR) is 68.2 cm³/mol. The van der Waals surface area contributed by atoms with Crippen LogP contribution in [0.4, 0.5) is 5.69 Å². The lowest BCUT2D eigenvalue weighted by molar-refractivity contribution is 0.0649. The predicted octanol–water partition coefficient (Wildman–Crippen LogP) is 2.89. The average molecular weight is 283 g/mol. The van der Waals surface area contributed by atoms with Gasteiger partial charge in [-0.3, -0.25) is 0 Å². The molecule has 1 aromatic rings. The summed E-state index contributed by atoms with van der Waals surface area (Å²) in [5.74, 6) is 0. The summed E-state index contributed by atoms with van der Waals surface area (Å²) in [4.78, 5) is 0. The maximum atomic E-state index is 9.81. The molecule has 2 N–H and O–H groups in total. The SMILES string of the molecule is CC(Nc1ccc(C#N)cc1Br)C(C)(C)O. The van der Waals surface area contributed by atoms with Gasteiger partial charge in [0.2, 0.25) is 0 Å². The number of anilines is 1. The van der Waals surface area contributed by atoms with Crippen LogP contribution in [0.25, 0.3) is 0 Å². The number of hydrogen-bond donors (Lipinski definition) is 2. The van der Waals surface area contributed by atoms with E-state index in [1.54, 1.807) is 26.0 Å². The topological polar surface area (TPSA) is 56.0 Å². The number of aliphatic hydroxyl groups is 1. The Bertz CT molecular complexity index is 418. The van der Waals surface area contributed by atoms with Crippen LogP contribution in [-0.4, -0.2) is 16.7 Å². The van der Waals surface area contributed by atoms with Gasteiger partial charge in [0.05, 0.1) is 23.3 Å². The summed E-state index contributed by atoms with van der Waals surface area (Å²) < 4.78 is 0.822. The first-order valence-corrected chi connectivity index (χ1v) is 5.82. The van der Waals surface area contributed by atoms with E-state index in [0.717, 1.165) is 10.2 Å². The fourth-order valence-corrected chi connectivity index (χ4v) is 1.60. The standard InChI is InChI=1S/C12H15BrN2O/c1-8(12(2,3)16)15-11-5-4-9(7-14)6-10(11)13/h4-6,8,15-16H,1-3H3. The summed E-state index contributed by atoms with van der Waals surface area (Å²) in [6.07, 6.45) is 0. The molecule has 0 spiro atoms. The summed E-state index contributed by atoms with van der Waals surface area (Å²) >= 11 is 3.39. The number of hydrogen-bond acceptors (Lipinski definition) is 3. The summed E-state index contributed by atoms with van der Waals surface area (Å²) in [6, 6.07) is 7.30. The lowest BCUT2D eigenvalue weighted by Gasteiger charge is -2.28. The monoisotopic (exact) mass is 282 g/mol. The third kappa shape index (κ3) is 3.22. The summed E-state index contributed by atoms with van der Waals surface area (Å²) in [5, 5.41) is 21.7. The Morgan fingerprint density at radius 3 is 2.56 bits per heavy atom. The van der Waals surface area contributed by atoms with Crippen molar-refractivity contribution in [1.29, 1.82) is 5.26 Å². The smallest absolute Gasteiger partial charge is 0.0992 e. The van der Waals surface area contributed by atoms with Crippen LogP contribution in [0.3, 0.4) is 0 Å². The van der Waals surface area contributed by atoms with Gasteiger partial charge in [-0.05, 0) is 54.9 Å². The minimum absolute atomic E-state index is 0.0864. The summed E-state index contributed by atoms with van der Waals surface area (Å²) in [7, 11) is 0. The van der Waals surface area contributed by atoms with Crippen molar-refractivity contribution >= 4 is 21.6 Å². The largest absolute Gasteiger partial charge is 0.388 e. The molecule has 1 atom stereocenters. The number of nitrogens with zero attached hydrogens (tertiary/aromatic N) is 1. The third-order valence-electron chi connectivity index (χ3n) is 2.53. The highest BCUT2D eigenvalue weighted by molar-refractivity contribution is 9.10. The van der Waals surface area contributed by atoms with E-state index >= 15 is 0 Å². The Morgan fingerprint density at radius 2 is 2.12 bits per heavy atom. The van der Waals surface area contributed by atoms with Crippen LogP contribution in [-0.2, 0) is 0 Å². The van der Waals surface area contributed by atoms with Gasteiger partial charge in [-0.25, -0.2) is 0 Å². The minimum atomic E-state index is -0.798. The first kappa shape index (κ1) is 13.0. The maximum absolute atomic E-state index is 9.81. The fraction of sp³-hybridized carbons (Fsp3) is 0.417. The second-order valence-corrected chi connectivity index (χ2v) is 5.18. The van der Waals surface area contributed by atoms with Crippen molar-refractivity contribution in [1.82, 2.24) is 0 Å². The van der Waals surface area contributed by atoms with E-state index in [-0.39, 0.29) is 6.04 Å². The molecule has 0 aromatic heterocycles. The number of benzene rings is 1. The molecule has 0 amide bonds. The Labute approximate surface area is 104 Å². The zero-order valence-corrected chi connectivity index (χ0v) is 11.2. The first-order chi connectivity index (χ1) is 7.34. The van der Waals surface area contributed by atoms with Crippen molar-refractivity contribution in [2.24, 2.45) is 0 Å². The van der Waals surface area contributed by atoms with Crippen LogP contribution < -0.4 is 5.32 Å². The van der Waals surface area contributed by atoms with Gasteiger partial charge < -0.3 is 10.4 Å². The van der Waals surface area contributed by atoms with Gasteiger partial charge in [-0.1, -0.05) is 0 Å². The zero-order valence-electron chi connectivity index (χ0n) is 9.58. The average Bonchev–Trinajstić information content (AvgIpc) is 2.19. The van der Waals surface area contributed by atoms with Crippen molar-refractivity contribution in [3.05, 3.63) is 28.2 Å². The van der Waals surface area contributed by atoms with E-state index in [1.165, 1.54) is 0 Å². The van der Waals surface area contributed by atoms with Gasteiger partial charge in [-0.15, -0.1) is 0 Å². The minimum Gasteiger partial charge on any atom is -0.388 e. The molecule has 1 rings (SSSR count). The van der Waals surface area contributed by atoms with Gasteiger partial charge in [0.1, 0.15) is 0 Å². The Morgan fingerprint density at radius 1 is 1.50 bits per heavy atom. The van der Waals surface area contributed by atoms with Crippen LogP contribution in [0, 0.1) is 11.3 Å². The maximum Gasteiger partial charge on any atom is 0.0992 e. The van der Waals surface area contributed by atoms with Gasteiger partial charge in [0.15, 0.2) is 0 Å². The molecule has 0 aliphatic heterocycles. The van der Waals surface area contributed by atoms with Crippen molar-refractivity contribution in [3.63, 3.8) is 0 Å². The molecule has 0 aliphatic rings. The second kappa shape index (κ2) is 4.86. The van der Waals surface area contributed by atoms with E-state index in [2.05, 4.69) is 27.3 Å². The van der Waals surface area contributed by atoms with Crippen LogP contribution in [0.2, 0.25) is 0 Å². The van der Waals surface area contributed by atoms with Crippen LogP contribution in [0.5, 0.6) is 0 Å². The first-order valence-electron chi connectivity index (χ1n) is 5.03.